The highest BCUT2D eigenvalue weighted by atomic mass is 79.9. The van der Waals surface area contributed by atoms with Crippen LogP contribution in [0.2, 0.25) is 5.15 Å². The summed E-state index contributed by atoms with van der Waals surface area (Å²) >= 11 is 9.38. The molecule has 0 saturated heterocycles. The highest BCUT2D eigenvalue weighted by Crippen LogP contribution is 2.25. The Kier molecular flexibility index (Phi) is 4.19. The highest BCUT2D eigenvalue weighted by molar-refractivity contribution is 9.10. The number of ether oxygens (including phenoxy) is 1. The van der Waals surface area contributed by atoms with E-state index in [1.165, 1.54) is 0 Å². The minimum atomic E-state index is 0.464. The van der Waals surface area contributed by atoms with Gasteiger partial charge in [0.1, 0.15) is 16.7 Å². The number of nitrogens with zero attached hydrogens (tertiary/aromatic N) is 2. The molecule has 18 heavy (non-hydrogen) atoms. The highest BCUT2D eigenvalue weighted by Gasteiger charge is 2.08. The van der Waals surface area contributed by atoms with Crippen LogP contribution in [0.5, 0.6) is 5.75 Å². The van der Waals surface area contributed by atoms with Crippen molar-refractivity contribution < 1.29 is 4.74 Å². The fourth-order valence-electron chi connectivity index (χ4n) is 1.72. The van der Waals surface area contributed by atoms with Crippen LogP contribution in [0, 0.1) is 6.92 Å². The van der Waals surface area contributed by atoms with E-state index >= 15 is 0 Å². The normalized spacial score (nSPS) is 10.4. The van der Waals surface area contributed by atoms with E-state index in [9.17, 15) is 0 Å². The molecule has 1 aromatic carbocycles. The van der Waals surface area contributed by atoms with Gasteiger partial charge in [0.25, 0.3) is 0 Å². The van der Waals surface area contributed by atoms with Gasteiger partial charge in [0, 0.05) is 22.2 Å². The number of benzene rings is 1. The molecule has 0 unspecified atom stereocenters. The molecule has 0 aliphatic heterocycles. The summed E-state index contributed by atoms with van der Waals surface area (Å²) in [6.07, 6.45) is 0.587. The summed E-state index contributed by atoms with van der Waals surface area (Å²) in [6, 6.07) is 7.59. The fraction of sp³-hybridized carbons (Fsp3) is 0.231. The van der Waals surface area contributed by atoms with Gasteiger partial charge >= 0.3 is 0 Å². The average molecular weight is 328 g/mol. The van der Waals surface area contributed by atoms with Gasteiger partial charge in [0.2, 0.25) is 0 Å². The van der Waals surface area contributed by atoms with Gasteiger partial charge in [0.05, 0.1) is 7.11 Å². The van der Waals surface area contributed by atoms with Gasteiger partial charge < -0.3 is 4.74 Å². The summed E-state index contributed by atoms with van der Waals surface area (Å²) in [5, 5.41) is 0.464. The van der Waals surface area contributed by atoms with Crippen molar-refractivity contribution in [3.05, 3.63) is 51.0 Å². The maximum Gasteiger partial charge on any atom is 0.134 e. The smallest absolute Gasteiger partial charge is 0.134 e. The van der Waals surface area contributed by atoms with Gasteiger partial charge in [-0.15, -0.1) is 0 Å². The Morgan fingerprint density at radius 2 is 2.06 bits per heavy atom. The van der Waals surface area contributed by atoms with E-state index in [-0.39, 0.29) is 0 Å². The third-order valence-electron chi connectivity index (χ3n) is 2.46. The summed E-state index contributed by atoms with van der Waals surface area (Å²) in [5.74, 6) is 1.51. The number of rotatable bonds is 3. The van der Waals surface area contributed by atoms with E-state index in [1.807, 2.05) is 25.1 Å². The number of hydrogen-bond acceptors (Lipinski definition) is 3. The van der Waals surface area contributed by atoms with Crippen molar-refractivity contribution in [3.8, 4) is 5.75 Å². The molecule has 1 aromatic heterocycles. The first-order valence-electron chi connectivity index (χ1n) is 5.41. The fourth-order valence-corrected chi connectivity index (χ4v) is 2.39. The molecule has 0 saturated carbocycles. The van der Waals surface area contributed by atoms with Crippen LogP contribution < -0.4 is 4.74 Å². The lowest BCUT2D eigenvalue weighted by molar-refractivity contribution is 0.410. The van der Waals surface area contributed by atoms with Crippen LogP contribution in [0.1, 0.15) is 17.1 Å². The molecule has 3 nitrogen and oxygen atoms in total. The second-order valence-corrected chi connectivity index (χ2v) is 5.18. The van der Waals surface area contributed by atoms with Gasteiger partial charge in [-0.05, 0) is 31.2 Å². The number of methoxy groups -OCH3 is 1. The van der Waals surface area contributed by atoms with Crippen LogP contribution in [-0.2, 0) is 6.42 Å². The van der Waals surface area contributed by atoms with Gasteiger partial charge in [-0.2, -0.15) is 0 Å². The largest absolute Gasteiger partial charge is 0.496 e. The maximum absolute atomic E-state index is 5.93. The molecule has 0 aliphatic rings. The first-order chi connectivity index (χ1) is 8.58. The van der Waals surface area contributed by atoms with Crippen molar-refractivity contribution >= 4 is 27.5 Å². The van der Waals surface area contributed by atoms with E-state index in [0.29, 0.717) is 17.4 Å². The van der Waals surface area contributed by atoms with Crippen LogP contribution in [0.4, 0.5) is 0 Å². The SMILES string of the molecule is COc1ccc(Br)cc1Cc1nc(C)cc(Cl)n1. The maximum atomic E-state index is 5.93. The Balaban J connectivity index is 2.35. The molecule has 0 bridgehead atoms. The zero-order chi connectivity index (χ0) is 13.1. The Labute approximate surface area is 119 Å². The first kappa shape index (κ1) is 13.3. The van der Waals surface area contributed by atoms with Crippen LogP contribution in [0.25, 0.3) is 0 Å². The zero-order valence-electron chi connectivity index (χ0n) is 10.1. The summed E-state index contributed by atoms with van der Waals surface area (Å²) < 4.78 is 6.32. The van der Waals surface area contributed by atoms with Crippen LogP contribution in [0.3, 0.4) is 0 Å². The lowest BCUT2D eigenvalue weighted by atomic mass is 10.1. The van der Waals surface area contributed by atoms with E-state index < -0.39 is 0 Å². The molecule has 0 fully saturated rings. The number of hydrogen-bond donors (Lipinski definition) is 0. The standard InChI is InChI=1S/C13H12BrClN2O/c1-8-5-12(15)17-13(16-8)7-9-6-10(14)3-4-11(9)18-2/h3-6H,7H2,1-2H3. The third kappa shape index (κ3) is 3.21. The summed E-state index contributed by atoms with van der Waals surface area (Å²) in [4.78, 5) is 8.59. The molecule has 2 aromatic rings. The van der Waals surface area contributed by atoms with Gasteiger partial charge in [0.15, 0.2) is 0 Å². The topological polar surface area (TPSA) is 35.0 Å². The molecule has 0 spiro atoms. The van der Waals surface area contributed by atoms with Crippen molar-refractivity contribution in [3.63, 3.8) is 0 Å². The number of aryl methyl sites for hydroxylation is 1. The summed E-state index contributed by atoms with van der Waals surface area (Å²) in [7, 11) is 1.65. The lowest BCUT2D eigenvalue weighted by Crippen LogP contribution is -2.00. The van der Waals surface area contributed by atoms with E-state index in [2.05, 4.69) is 25.9 Å². The van der Waals surface area contributed by atoms with Gasteiger partial charge in [-0.3, -0.25) is 0 Å². The molecule has 1 heterocycles. The number of aromatic nitrogens is 2. The van der Waals surface area contributed by atoms with Gasteiger partial charge in [-0.1, -0.05) is 27.5 Å². The summed E-state index contributed by atoms with van der Waals surface area (Å²) in [6.45, 7) is 1.90. The predicted octanol–water partition coefficient (Wildman–Crippen LogP) is 3.80. The summed E-state index contributed by atoms with van der Waals surface area (Å²) in [5.41, 5.74) is 1.88. The van der Waals surface area contributed by atoms with Crippen LogP contribution in [-0.4, -0.2) is 17.1 Å². The Hall–Kier alpha value is -1.13. The van der Waals surface area contributed by atoms with Gasteiger partial charge in [-0.25, -0.2) is 9.97 Å². The molecule has 0 radical (unpaired) electrons. The Bertz CT molecular complexity index is 555. The van der Waals surface area contributed by atoms with Crippen molar-refractivity contribution in [1.82, 2.24) is 9.97 Å². The second-order valence-electron chi connectivity index (χ2n) is 3.88. The monoisotopic (exact) mass is 326 g/mol. The Morgan fingerprint density at radius 1 is 1.28 bits per heavy atom. The molecular weight excluding hydrogens is 316 g/mol. The van der Waals surface area contributed by atoms with Crippen molar-refractivity contribution in [2.45, 2.75) is 13.3 Å². The zero-order valence-corrected chi connectivity index (χ0v) is 12.4. The minimum absolute atomic E-state index is 0.464. The molecule has 2 rings (SSSR count). The molecule has 0 atom stereocenters. The van der Waals surface area contributed by atoms with Crippen molar-refractivity contribution in [2.75, 3.05) is 7.11 Å². The first-order valence-corrected chi connectivity index (χ1v) is 6.58. The third-order valence-corrected chi connectivity index (χ3v) is 3.15. The minimum Gasteiger partial charge on any atom is -0.496 e. The predicted molar refractivity (Wildman–Crippen MR) is 75.3 cm³/mol. The van der Waals surface area contributed by atoms with Crippen LogP contribution >= 0.6 is 27.5 Å². The quantitative estimate of drug-likeness (QED) is 0.804. The molecular formula is C13H12BrClN2O. The van der Waals surface area contributed by atoms with E-state index in [0.717, 1.165) is 21.5 Å². The molecule has 94 valence electrons. The van der Waals surface area contributed by atoms with E-state index in [1.54, 1.807) is 13.2 Å². The molecule has 5 heteroatoms. The molecule has 0 aliphatic carbocycles. The Morgan fingerprint density at radius 3 is 2.72 bits per heavy atom. The van der Waals surface area contributed by atoms with E-state index in [4.69, 9.17) is 16.3 Å². The average Bonchev–Trinajstić information content (AvgIpc) is 2.27. The molecule has 0 amide bonds. The lowest BCUT2D eigenvalue weighted by Gasteiger charge is -2.08. The molecule has 0 N–H and O–H groups in total. The van der Waals surface area contributed by atoms with Crippen LogP contribution in [0.15, 0.2) is 28.7 Å². The number of halogens is 2. The van der Waals surface area contributed by atoms with Crippen molar-refractivity contribution in [2.24, 2.45) is 0 Å². The second kappa shape index (κ2) is 5.67. The van der Waals surface area contributed by atoms with Crippen molar-refractivity contribution in [1.29, 1.82) is 0 Å².